The summed E-state index contributed by atoms with van der Waals surface area (Å²) in [4.78, 5) is 22.7. The second-order valence-corrected chi connectivity index (χ2v) is 5.52. The van der Waals surface area contributed by atoms with Crippen LogP contribution in [0, 0.1) is 0 Å². The van der Waals surface area contributed by atoms with Crippen molar-refractivity contribution in [1.82, 2.24) is 5.32 Å². The first-order valence-corrected chi connectivity index (χ1v) is 6.36. The summed E-state index contributed by atoms with van der Waals surface area (Å²) in [6, 6.07) is 5.34. The van der Waals surface area contributed by atoms with E-state index in [0.717, 1.165) is 5.56 Å². The minimum atomic E-state index is -0.521. The molecule has 6 nitrogen and oxygen atoms in total. The molecule has 0 aliphatic carbocycles. The average Bonchev–Trinajstić information content (AvgIpc) is 2.34. The van der Waals surface area contributed by atoms with Crippen LogP contribution in [0.25, 0.3) is 0 Å². The number of ether oxygens (including phenoxy) is 2. The van der Waals surface area contributed by atoms with Crippen molar-refractivity contribution in [3.05, 3.63) is 23.8 Å². The van der Waals surface area contributed by atoms with Crippen LogP contribution in [-0.2, 0) is 16.1 Å². The molecule has 1 aromatic rings. The van der Waals surface area contributed by atoms with Crippen LogP contribution in [0.15, 0.2) is 18.2 Å². The lowest BCUT2D eigenvalue weighted by molar-refractivity contribution is -0.118. The second-order valence-electron chi connectivity index (χ2n) is 5.52. The van der Waals surface area contributed by atoms with Crippen molar-refractivity contribution >= 4 is 17.7 Å². The Kier molecular flexibility index (Phi) is 3.83. The Labute approximate surface area is 117 Å². The van der Waals surface area contributed by atoms with Crippen molar-refractivity contribution in [3.8, 4) is 5.75 Å². The van der Waals surface area contributed by atoms with E-state index in [-0.39, 0.29) is 12.5 Å². The number of rotatable bonds is 2. The summed E-state index contributed by atoms with van der Waals surface area (Å²) >= 11 is 0. The van der Waals surface area contributed by atoms with Crippen LogP contribution in [0.5, 0.6) is 5.75 Å². The first-order valence-electron chi connectivity index (χ1n) is 6.36. The number of carbonyl (C=O) groups is 2. The maximum Gasteiger partial charge on any atom is 0.407 e. The average molecular weight is 278 g/mol. The molecule has 1 aromatic carbocycles. The molecule has 1 aliphatic rings. The molecule has 0 radical (unpaired) electrons. The first kappa shape index (κ1) is 14.2. The summed E-state index contributed by atoms with van der Waals surface area (Å²) in [5.74, 6) is 0.435. The zero-order chi connectivity index (χ0) is 14.8. The van der Waals surface area contributed by atoms with Gasteiger partial charge in [0.05, 0.1) is 5.69 Å². The Bertz CT molecular complexity index is 534. The molecule has 0 fully saturated rings. The first-order chi connectivity index (χ1) is 9.33. The maximum atomic E-state index is 11.5. The summed E-state index contributed by atoms with van der Waals surface area (Å²) in [6.07, 6.45) is -0.468. The van der Waals surface area contributed by atoms with Crippen molar-refractivity contribution in [2.75, 3.05) is 11.9 Å². The van der Waals surface area contributed by atoms with Crippen LogP contribution in [0.3, 0.4) is 0 Å². The molecule has 1 heterocycles. The van der Waals surface area contributed by atoms with Gasteiger partial charge in [-0.3, -0.25) is 4.79 Å². The van der Waals surface area contributed by atoms with Crippen molar-refractivity contribution in [1.29, 1.82) is 0 Å². The maximum absolute atomic E-state index is 11.5. The molecule has 0 unspecified atom stereocenters. The largest absolute Gasteiger partial charge is 0.482 e. The highest BCUT2D eigenvalue weighted by atomic mass is 16.6. The summed E-state index contributed by atoms with van der Waals surface area (Å²) in [6.45, 7) is 5.77. The third-order valence-electron chi connectivity index (χ3n) is 2.51. The van der Waals surface area contributed by atoms with E-state index in [0.29, 0.717) is 18.0 Å². The zero-order valence-corrected chi connectivity index (χ0v) is 11.8. The van der Waals surface area contributed by atoms with Gasteiger partial charge >= 0.3 is 6.09 Å². The fourth-order valence-corrected chi connectivity index (χ4v) is 1.72. The van der Waals surface area contributed by atoms with Crippen molar-refractivity contribution in [3.63, 3.8) is 0 Å². The highest BCUT2D eigenvalue weighted by molar-refractivity contribution is 5.95. The monoisotopic (exact) mass is 278 g/mol. The van der Waals surface area contributed by atoms with Crippen LogP contribution < -0.4 is 15.4 Å². The molecule has 2 rings (SSSR count). The number of amides is 2. The number of nitrogens with one attached hydrogen (secondary N) is 2. The molecule has 1 aliphatic heterocycles. The second kappa shape index (κ2) is 5.40. The van der Waals surface area contributed by atoms with Crippen LogP contribution in [0.4, 0.5) is 10.5 Å². The van der Waals surface area contributed by atoms with Crippen LogP contribution >= 0.6 is 0 Å². The molecule has 0 atom stereocenters. The fourth-order valence-electron chi connectivity index (χ4n) is 1.72. The minimum Gasteiger partial charge on any atom is -0.482 e. The van der Waals surface area contributed by atoms with Gasteiger partial charge in [-0.1, -0.05) is 6.07 Å². The predicted octanol–water partition coefficient (Wildman–Crippen LogP) is 2.04. The number of carbonyl (C=O) groups excluding carboxylic acids is 2. The smallest absolute Gasteiger partial charge is 0.407 e. The number of hydrogen-bond donors (Lipinski definition) is 2. The Morgan fingerprint density at radius 2 is 2.20 bits per heavy atom. The van der Waals surface area contributed by atoms with Crippen molar-refractivity contribution in [2.45, 2.75) is 32.9 Å². The Hall–Kier alpha value is -2.24. The van der Waals surface area contributed by atoms with Gasteiger partial charge in [-0.25, -0.2) is 4.79 Å². The molecular formula is C14H18N2O4. The van der Waals surface area contributed by atoms with Gasteiger partial charge in [-0.05, 0) is 38.5 Å². The Morgan fingerprint density at radius 1 is 1.45 bits per heavy atom. The molecule has 108 valence electrons. The number of anilines is 1. The molecule has 6 heteroatoms. The standard InChI is InChI=1S/C14H18N2O4/c1-14(2,3)20-13(18)15-7-9-4-5-10-11(6-9)19-8-12(17)16-10/h4-6H,7-8H2,1-3H3,(H,15,18)(H,16,17). The van der Waals surface area contributed by atoms with Gasteiger partial charge in [0.1, 0.15) is 11.4 Å². The molecule has 0 saturated heterocycles. The van der Waals surface area contributed by atoms with Gasteiger partial charge in [0.25, 0.3) is 5.91 Å². The quantitative estimate of drug-likeness (QED) is 0.868. The molecule has 0 saturated carbocycles. The predicted molar refractivity (Wildman–Crippen MR) is 73.6 cm³/mol. The summed E-state index contributed by atoms with van der Waals surface area (Å²) in [5.41, 5.74) is 0.987. The van der Waals surface area contributed by atoms with Gasteiger partial charge in [-0.15, -0.1) is 0 Å². The zero-order valence-electron chi connectivity index (χ0n) is 11.8. The summed E-state index contributed by atoms with van der Waals surface area (Å²) in [7, 11) is 0. The Balaban J connectivity index is 1.94. The summed E-state index contributed by atoms with van der Waals surface area (Å²) in [5, 5.41) is 5.37. The molecule has 0 aromatic heterocycles. The van der Waals surface area contributed by atoms with Gasteiger partial charge in [0, 0.05) is 6.54 Å². The number of fused-ring (bicyclic) bond motifs is 1. The van der Waals surface area contributed by atoms with E-state index >= 15 is 0 Å². The van der Waals surface area contributed by atoms with Crippen LogP contribution in [0.1, 0.15) is 26.3 Å². The highest BCUT2D eigenvalue weighted by Gasteiger charge is 2.17. The molecule has 20 heavy (non-hydrogen) atoms. The van der Waals surface area contributed by atoms with E-state index in [1.54, 1.807) is 12.1 Å². The normalized spacial score (nSPS) is 13.8. The van der Waals surface area contributed by atoms with E-state index in [2.05, 4.69) is 10.6 Å². The van der Waals surface area contributed by atoms with Gasteiger partial charge in [0.2, 0.25) is 0 Å². The van der Waals surface area contributed by atoms with E-state index < -0.39 is 11.7 Å². The number of benzene rings is 1. The third kappa shape index (κ3) is 3.88. The lowest BCUT2D eigenvalue weighted by atomic mass is 10.1. The molecule has 0 spiro atoms. The van der Waals surface area contributed by atoms with E-state index in [4.69, 9.17) is 9.47 Å². The van der Waals surface area contributed by atoms with E-state index in [1.807, 2.05) is 26.8 Å². The SMILES string of the molecule is CC(C)(C)OC(=O)NCc1ccc2c(c1)OCC(=O)N2. The minimum absolute atomic E-state index is 0.00987. The lowest BCUT2D eigenvalue weighted by Gasteiger charge is -2.20. The van der Waals surface area contributed by atoms with Crippen molar-refractivity contribution < 1.29 is 19.1 Å². The topological polar surface area (TPSA) is 76.7 Å². The fraction of sp³-hybridized carbons (Fsp3) is 0.429. The lowest BCUT2D eigenvalue weighted by Crippen LogP contribution is -2.32. The van der Waals surface area contributed by atoms with E-state index in [1.165, 1.54) is 0 Å². The van der Waals surface area contributed by atoms with Gasteiger partial charge in [-0.2, -0.15) is 0 Å². The van der Waals surface area contributed by atoms with Gasteiger partial charge in [0.15, 0.2) is 6.61 Å². The number of alkyl carbamates (subject to hydrolysis) is 1. The van der Waals surface area contributed by atoms with Crippen LogP contribution in [-0.4, -0.2) is 24.2 Å². The van der Waals surface area contributed by atoms with Crippen molar-refractivity contribution in [2.24, 2.45) is 0 Å². The molecule has 0 bridgehead atoms. The highest BCUT2D eigenvalue weighted by Crippen LogP contribution is 2.28. The molecule has 2 N–H and O–H groups in total. The molecular weight excluding hydrogens is 260 g/mol. The number of hydrogen-bond acceptors (Lipinski definition) is 4. The third-order valence-corrected chi connectivity index (χ3v) is 2.51. The van der Waals surface area contributed by atoms with Gasteiger partial charge < -0.3 is 20.1 Å². The van der Waals surface area contributed by atoms with E-state index in [9.17, 15) is 9.59 Å². The Morgan fingerprint density at radius 3 is 2.90 bits per heavy atom. The van der Waals surface area contributed by atoms with Crippen LogP contribution in [0.2, 0.25) is 0 Å². The molecule has 2 amide bonds. The summed E-state index contributed by atoms with van der Waals surface area (Å²) < 4.78 is 10.5.